The second kappa shape index (κ2) is 7.67. The molecule has 1 aliphatic rings. The first kappa shape index (κ1) is 15.4. The van der Waals surface area contributed by atoms with E-state index in [4.69, 9.17) is 0 Å². The van der Waals surface area contributed by atoms with Gasteiger partial charge in [-0.1, -0.05) is 19.3 Å². The summed E-state index contributed by atoms with van der Waals surface area (Å²) in [5.74, 6) is 0.525. The molecule has 1 aliphatic carbocycles. The third kappa shape index (κ3) is 4.48. The highest BCUT2D eigenvalue weighted by molar-refractivity contribution is 5.93. The number of pyridine rings is 1. The highest BCUT2D eigenvalue weighted by Crippen LogP contribution is 2.18. The molecule has 0 saturated heterocycles. The molecule has 2 aromatic heterocycles. The summed E-state index contributed by atoms with van der Waals surface area (Å²) >= 11 is 0. The van der Waals surface area contributed by atoms with E-state index in [2.05, 4.69) is 25.6 Å². The zero-order valence-electron chi connectivity index (χ0n) is 13.0. The van der Waals surface area contributed by atoms with Gasteiger partial charge in [0.05, 0.1) is 0 Å². The summed E-state index contributed by atoms with van der Waals surface area (Å²) in [5.41, 5.74) is 1.51. The van der Waals surface area contributed by atoms with Crippen molar-refractivity contribution in [2.45, 2.75) is 44.7 Å². The van der Waals surface area contributed by atoms with E-state index in [0.29, 0.717) is 18.1 Å². The lowest BCUT2D eigenvalue weighted by Crippen LogP contribution is -2.36. The Hall–Kier alpha value is -2.50. The molecule has 2 N–H and O–H groups in total. The molecule has 6 heteroatoms. The van der Waals surface area contributed by atoms with Crippen molar-refractivity contribution < 1.29 is 4.79 Å². The van der Waals surface area contributed by atoms with Crippen molar-refractivity contribution in [1.29, 1.82) is 0 Å². The van der Waals surface area contributed by atoms with Gasteiger partial charge < -0.3 is 10.6 Å². The summed E-state index contributed by atoms with van der Waals surface area (Å²) in [6.07, 6.45) is 10.7. The van der Waals surface area contributed by atoms with Gasteiger partial charge >= 0.3 is 0 Å². The van der Waals surface area contributed by atoms with E-state index in [9.17, 15) is 4.79 Å². The maximum Gasteiger partial charge on any atom is 0.270 e. The Bertz CT molecular complexity index is 640. The minimum Gasteiger partial charge on any atom is -0.366 e. The standard InChI is InChI=1S/C17H21N5O/c23-17(22-14-4-2-1-3-5-14)15-10-16(21-12-20-15)19-11-13-6-8-18-9-7-13/h6-10,12,14H,1-5,11H2,(H,22,23)(H,19,20,21). The van der Waals surface area contributed by atoms with E-state index >= 15 is 0 Å². The molecule has 1 amide bonds. The van der Waals surface area contributed by atoms with Crippen molar-refractivity contribution >= 4 is 11.7 Å². The normalized spacial score (nSPS) is 15.1. The van der Waals surface area contributed by atoms with Crippen LogP contribution in [0.15, 0.2) is 36.9 Å². The number of carbonyl (C=O) groups excluding carboxylic acids is 1. The van der Waals surface area contributed by atoms with Gasteiger partial charge in [-0.05, 0) is 30.5 Å². The summed E-state index contributed by atoms with van der Waals surface area (Å²) in [4.78, 5) is 24.5. The van der Waals surface area contributed by atoms with Crippen molar-refractivity contribution in [3.8, 4) is 0 Å². The van der Waals surface area contributed by atoms with Crippen LogP contribution in [-0.4, -0.2) is 26.9 Å². The fourth-order valence-corrected chi connectivity index (χ4v) is 2.78. The van der Waals surface area contributed by atoms with Gasteiger partial charge in [-0.2, -0.15) is 0 Å². The Morgan fingerprint density at radius 1 is 1.13 bits per heavy atom. The third-order valence-electron chi connectivity index (χ3n) is 4.06. The summed E-state index contributed by atoms with van der Waals surface area (Å²) in [7, 11) is 0. The first-order valence-electron chi connectivity index (χ1n) is 8.07. The number of amides is 1. The predicted molar refractivity (Wildman–Crippen MR) is 87.9 cm³/mol. The van der Waals surface area contributed by atoms with Gasteiger partial charge in [0.1, 0.15) is 17.8 Å². The Balaban J connectivity index is 1.59. The van der Waals surface area contributed by atoms with Crippen LogP contribution in [0.3, 0.4) is 0 Å². The van der Waals surface area contributed by atoms with Gasteiger partial charge in [0.25, 0.3) is 5.91 Å². The fraction of sp³-hybridized carbons (Fsp3) is 0.412. The quantitative estimate of drug-likeness (QED) is 0.887. The minimum absolute atomic E-state index is 0.119. The number of rotatable bonds is 5. The average molecular weight is 311 g/mol. The van der Waals surface area contributed by atoms with Gasteiger partial charge in [-0.15, -0.1) is 0 Å². The van der Waals surface area contributed by atoms with Crippen molar-refractivity contribution in [1.82, 2.24) is 20.3 Å². The maximum atomic E-state index is 12.3. The van der Waals surface area contributed by atoms with Crippen LogP contribution in [0, 0.1) is 0 Å². The zero-order chi connectivity index (χ0) is 15.9. The lowest BCUT2D eigenvalue weighted by Gasteiger charge is -2.22. The van der Waals surface area contributed by atoms with Crippen LogP contribution in [-0.2, 0) is 6.54 Å². The molecule has 2 aromatic rings. The molecule has 1 saturated carbocycles. The lowest BCUT2D eigenvalue weighted by molar-refractivity contribution is 0.0922. The highest BCUT2D eigenvalue weighted by atomic mass is 16.1. The third-order valence-corrected chi connectivity index (χ3v) is 4.06. The van der Waals surface area contributed by atoms with Crippen LogP contribution in [0.25, 0.3) is 0 Å². The first-order chi connectivity index (χ1) is 11.3. The molecule has 0 unspecified atom stereocenters. The van der Waals surface area contributed by atoms with Gasteiger partial charge in [0.2, 0.25) is 0 Å². The fourth-order valence-electron chi connectivity index (χ4n) is 2.78. The van der Waals surface area contributed by atoms with Crippen LogP contribution < -0.4 is 10.6 Å². The molecule has 1 fully saturated rings. The van der Waals surface area contributed by atoms with E-state index in [1.165, 1.54) is 25.6 Å². The lowest BCUT2D eigenvalue weighted by atomic mass is 9.95. The molecule has 0 atom stereocenters. The molecule has 6 nitrogen and oxygen atoms in total. The Morgan fingerprint density at radius 2 is 1.91 bits per heavy atom. The van der Waals surface area contributed by atoms with E-state index in [1.54, 1.807) is 18.5 Å². The predicted octanol–water partition coefficient (Wildman–Crippen LogP) is 2.55. The largest absolute Gasteiger partial charge is 0.366 e. The second-order valence-electron chi connectivity index (χ2n) is 5.81. The van der Waals surface area contributed by atoms with E-state index in [1.807, 2.05) is 12.1 Å². The molecule has 3 rings (SSSR count). The minimum atomic E-state index is -0.119. The SMILES string of the molecule is O=C(NC1CCCCC1)c1cc(NCc2ccncc2)ncn1. The first-order valence-corrected chi connectivity index (χ1v) is 8.07. The Morgan fingerprint density at radius 3 is 2.70 bits per heavy atom. The van der Waals surface area contributed by atoms with Gasteiger partial charge in [0.15, 0.2) is 0 Å². The smallest absolute Gasteiger partial charge is 0.270 e. The second-order valence-corrected chi connectivity index (χ2v) is 5.81. The number of hydrogen-bond acceptors (Lipinski definition) is 5. The molecule has 0 spiro atoms. The van der Waals surface area contributed by atoms with Crippen LogP contribution in [0.1, 0.15) is 48.2 Å². The Labute approximate surface area is 135 Å². The number of aromatic nitrogens is 3. The number of carbonyl (C=O) groups is 1. The summed E-state index contributed by atoms with van der Waals surface area (Å²) in [5, 5.41) is 6.27. The zero-order valence-corrected chi connectivity index (χ0v) is 13.0. The molecule has 23 heavy (non-hydrogen) atoms. The number of nitrogens with zero attached hydrogens (tertiary/aromatic N) is 3. The molecular weight excluding hydrogens is 290 g/mol. The highest BCUT2D eigenvalue weighted by Gasteiger charge is 2.17. The van der Waals surface area contributed by atoms with E-state index in [0.717, 1.165) is 18.4 Å². The monoisotopic (exact) mass is 311 g/mol. The van der Waals surface area contributed by atoms with Crippen molar-refractivity contribution in [2.75, 3.05) is 5.32 Å². The van der Waals surface area contributed by atoms with Crippen molar-refractivity contribution in [3.05, 3.63) is 48.2 Å². The summed E-state index contributed by atoms with van der Waals surface area (Å²) < 4.78 is 0. The van der Waals surface area contributed by atoms with Crippen LogP contribution in [0.4, 0.5) is 5.82 Å². The molecule has 120 valence electrons. The van der Waals surface area contributed by atoms with Gasteiger partial charge in [-0.25, -0.2) is 9.97 Å². The van der Waals surface area contributed by atoms with Crippen LogP contribution >= 0.6 is 0 Å². The van der Waals surface area contributed by atoms with Crippen molar-refractivity contribution in [2.24, 2.45) is 0 Å². The van der Waals surface area contributed by atoms with Crippen LogP contribution in [0.5, 0.6) is 0 Å². The molecule has 0 radical (unpaired) electrons. The molecular formula is C17H21N5O. The maximum absolute atomic E-state index is 12.3. The van der Waals surface area contributed by atoms with Gasteiger partial charge in [-0.3, -0.25) is 9.78 Å². The van der Waals surface area contributed by atoms with Crippen molar-refractivity contribution in [3.63, 3.8) is 0 Å². The van der Waals surface area contributed by atoms with Crippen LogP contribution in [0.2, 0.25) is 0 Å². The van der Waals surface area contributed by atoms with Gasteiger partial charge in [0, 0.05) is 31.0 Å². The topological polar surface area (TPSA) is 79.8 Å². The van der Waals surface area contributed by atoms with E-state index in [-0.39, 0.29) is 11.9 Å². The number of nitrogens with one attached hydrogen (secondary N) is 2. The summed E-state index contributed by atoms with van der Waals surface area (Å²) in [6, 6.07) is 5.84. The molecule has 0 bridgehead atoms. The average Bonchev–Trinajstić information content (AvgIpc) is 2.62. The molecule has 2 heterocycles. The van der Waals surface area contributed by atoms with E-state index < -0.39 is 0 Å². The molecule has 0 aromatic carbocycles. The summed E-state index contributed by atoms with van der Waals surface area (Å²) in [6.45, 7) is 0.628. The molecule has 0 aliphatic heterocycles. The number of hydrogen-bond donors (Lipinski definition) is 2. The Kier molecular flexibility index (Phi) is 5.13. The number of anilines is 1.